The molecule has 1 heterocycles. The molecule has 1 fully saturated rings. The van der Waals surface area contributed by atoms with E-state index in [0.29, 0.717) is 18.7 Å². The Kier molecular flexibility index (Phi) is 6.26. The summed E-state index contributed by atoms with van der Waals surface area (Å²) < 4.78 is 33.2. The van der Waals surface area contributed by atoms with Gasteiger partial charge in [-0.15, -0.1) is 4.83 Å². The van der Waals surface area contributed by atoms with Gasteiger partial charge in [-0.1, -0.05) is 24.3 Å². The van der Waals surface area contributed by atoms with E-state index < -0.39 is 16.2 Å². The topological polar surface area (TPSA) is 114 Å². The van der Waals surface area contributed by atoms with Crippen LogP contribution in [0.15, 0.2) is 48.5 Å². The van der Waals surface area contributed by atoms with Gasteiger partial charge in [0.15, 0.2) is 0 Å². The summed E-state index contributed by atoms with van der Waals surface area (Å²) in [5.74, 6) is 1.45. The molecule has 0 saturated carbocycles. The molecule has 0 aliphatic carbocycles. The Balaban J connectivity index is 1.80. The van der Waals surface area contributed by atoms with E-state index in [9.17, 15) is 13.2 Å². The van der Waals surface area contributed by atoms with Gasteiger partial charge >= 0.3 is 6.03 Å². The summed E-state index contributed by atoms with van der Waals surface area (Å²) in [5.41, 5.74) is 1.90. The number of carbonyl (C=O) groups excluding carboxylic acids is 1. The van der Waals surface area contributed by atoms with E-state index in [4.69, 9.17) is 14.6 Å². The summed E-state index contributed by atoms with van der Waals surface area (Å²) in [6, 6.07) is 14.1. The lowest BCUT2D eigenvalue weighted by Gasteiger charge is -2.23. The van der Waals surface area contributed by atoms with Crippen LogP contribution >= 0.6 is 0 Å². The van der Waals surface area contributed by atoms with Crippen LogP contribution in [0.1, 0.15) is 17.2 Å². The van der Waals surface area contributed by atoms with E-state index in [1.807, 2.05) is 36.4 Å². The standard InChI is InChI=1S/C19H24N4O5S/c1-27-16-7-3-14(4-8-16)11-12-22-18(15-5-9-17(28-2)10-6-15)13-23(19(22)24)21-29(20,25)26/h3-10,18,21H,11-13H2,1-2H3,(H2,20,25,26). The smallest absolute Gasteiger partial charge is 0.335 e. The van der Waals surface area contributed by atoms with Crippen LogP contribution in [0, 0.1) is 0 Å². The first kappa shape index (κ1) is 20.9. The maximum atomic E-state index is 12.8. The van der Waals surface area contributed by atoms with Crippen molar-refractivity contribution < 1.29 is 22.7 Å². The van der Waals surface area contributed by atoms with Crippen molar-refractivity contribution in [3.05, 3.63) is 59.7 Å². The number of amides is 2. The molecule has 1 atom stereocenters. The van der Waals surface area contributed by atoms with Crippen molar-refractivity contribution in [1.29, 1.82) is 0 Å². The van der Waals surface area contributed by atoms with Gasteiger partial charge in [0.1, 0.15) is 11.5 Å². The Morgan fingerprint density at radius 3 is 2.10 bits per heavy atom. The molecule has 0 radical (unpaired) electrons. The largest absolute Gasteiger partial charge is 0.497 e. The van der Waals surface area contributed by atoms with Crippen molar-refractivity contribution >= 4 is 16.2 Å². The molecule has 29 heavy (non-hydrogen) atoms. The van der Waals surface area contributed by atoms with E-state index in [-0.39, 0.29) is 12.6 Å². The first-order valence-corrected chi connectivity index (χ1v) is 10.5. The van der Waals surface area contributed by atoms with Crippen molar-refractivity contribution in [3.63, 3.8) is 0 Å². The fourth-order valence-corrected chi connectivity index (χ4v) is 3.73. The monoisotopic (exact) mass is 420 g/mol. The number of benzene rings is 2. The zero-order valence-corrected chi connectivity index (χ0v) is 17.1. The van der Waals surface area contributed by atoms with Crippen LogP contribution in [-0.2, 0) is 16.6 Å². The lowest BCUT2D eigenvalue weighted by atomic mass is 10.1. The van der Waals surface area contributed by atoms with Gasteiger partial charge in [0, 0.05) is 6.54 Å². The van der Waals surface area contributed by atoms with E-state index in [2.05, 4.69) is 4.83 Å². The molecule has 0 spiro atoms. The molecule has 9 nitrogen and oxygen atoms in total. The third-order valence-electron chi connectivity index (χ3n) is 4.75. The van der Waals surface area contributed by atoms with Crippen molar-refractivity contribution in [1.82, 2.24) is 14.7 Å². The van der Waals surface area contributed by atoms with Gasteiger partial charge in [-0.25, -0.2) is 14.9 Å². The molecule has 1 aliphatic heterocycles. The Hall–Kier alpha value is -2.82. The predicted octanol–water partition coefficient (Wildman–Crippen LogP) is 1.43. The fraction of sp³-hybridized carbons (Fsp3) is 0.316. The molecule has 3 rings (SSSR count). The second-order valence-electron chi connectivity index (χ2n) is 6.61. The highest BCUT2D eigenvalue weighted by Gasteiger charge is 2.39. The van der Waals surface area contributed by atoms with E-state index in [1.54, 1.807) is 31.3 Å². The molecule has 0 bridgehead atoms. The minimum Gasteiger partial charge on any atom is -0.497 e. The molecule has 2 aromatic carbocycles. The average molecular weight is 420 g/mol. The van der Waals surface area contributed by atoms with Gasteiger partial charge in [-0.05, 0) is 41.8 Å². The number of hydrogen-bond acceptors (Lipinski definition) is 5. The van der Waals surface area contributed by atoms with Crippen molar-refractivity contribution in [3.8, 4) is 11.5 Å². The number of nitrogens with two attached hydrogens (primary N) is 1. The van der Waals surface area contributed by atoms with Crippen molar-refractivity contribution in [2.24, 2.45) is 5.14 Å². The average Bonchev–Trinajstić information content (AvgIpc) is 3.00. The normalized spacial score (nSPS) is 16.9. The minimum absolute atomic E-state index is 0.143. The summed E-state index contributed by atoms with van der Waals surface area (Å²) in [6.45, 7) is 0.550. The molecular weight excluding hydrogens is 396 g/mol. The number of hydrogen-bond donors (Lipinski definition) is 2. The van der Waals surface area contributed by atoms with E-state index in [1.165, 1.54) is 0 Å². The molecule has 156 valence electrons. The van der Waals surface area contributed by atoms with Gasteiger partial charge in [-0.3, -0.25) is 0 Å². The highest BCUT2D eigenvalue weighted by molar-refractivity contribution is 7.87. The van der Waals surface area contributed by atoms with Gasteiger partial charge in [0.05, 0.1) is 26.8 Å². The van der Waals surface area contributed by atoms with E-state index in [0.717, 1.165) is 21.9 Å². The third kappa shape index (κ3) is 5.17. The van der Waals surface area contributed by atoms with Crippen LogP contribution in [-0.4, -0.2) is 51.7 Å². The molecule has 10 heteroatoms. The summed E-state index contributed by atoms with van der Waals surface area (Å²) in [6.07, 6.45) is 0.603. The summed E-state index contributed by atoms with van der Waals surface area (Å²) in [5, 5.41) is 6.08. The molecule has 1 aliphatic rings. The Morgan fingerprint density at radius 2 is 1.59 bits per heavy atom. The summed E-state index contributed by atoms with van der Waals surface area (Å²) in [7, 11) is -0.882. The van der Waals surface area contributed by atoms with Gasteiger partial charge < -0.3 is 14.4 Å². The van der Waals surface area contributed by atoms with Gasteiger partial charge in [0.2, 0.25) is 0 Å². The summed E-state index contributed by atoms with van der Waals surface area (Å²) in [4.78, 5) is 16.5. The quantitative estimate of drug-likeness (QED) is 0.671. The maximum Gasteiger partial charge on any atom is 0.335 e. The number of methoxy groups -OCH3 is 2. The highest BCUT2D eigenvalue weighted by Crippen LogP contribution is 2.30. The lowest BCUT2D eigenvalue weighted by molar-refractivity contribution is 0.182. The molecule has 2 aromatic rings. The minimum atomic E-state index is -4.06. The van der Waals surface area contributed by atoms with Crippen LogP contribution in [0.25, 0.3) is 0 Å². The molecule has 0 aromatic heterocycles. The van der Waals surface area contributed by atoms with Crippen LogP contribution in [0.2, 0.25) is 0 Å². The maximum absolute atomic E-state index is 12.8. The first-order valence-electron chi connectivity index (χ1n) is 8.96. The molecule has 3 N–H and O–H groups in total. The van der Waals surface area contributed by atoms with Crippen molar-refractivity contribution in [2.75, 3.05) is 27.3 Å². The predicted molar refractivity (Wildman–Crippen MR) is 107 cm³/mol. The van der Waals surface area contributed by atoms with E-state index >= 15 is 0 Å². The number of ether oxygens (including phenoxy) is 2. The molecule has 2 amide bonds. The highest BCUT2D eigenvalue weighted by atomic mass is 32.2. The zero-order chi connectivity index (χ0) is 21.0. The number of urea groups is 1. The lowest BCUT2D eigenvalue weighted by Crippen LogP contribution is -2.47. The number of rotatable bonds is 8. The molecule has 1 saturated heterocycles. The number of carbonyl (C=O) groups is 1. The zero-order valence-electron chi connectivity index (χ0n) is 16.2. The van der Waals surface area contributed by atoms with Gasteiger partial charge in [0.25, 0.3) is 10.2 Å². The molecular formula is C19H24N4O5S. The second kappa shape index (κ2) is 8.68. The Morgan fingerprint density at radius 1 is 1.03 bits per heavy atom. The fourth-order valence-electron chi connectivity index (χ4n) is 3.27. The van der Waals surface area contributed by atoms with Crippen LogP contribution in [0.5, 0.6) is 11.5 Å². The number of nitrogens with one attached hydrogen (secondary N) is 1. The Labute approximate surface area is 170 Å². The van der Waals surface area contributed by atoms with Crippen LogP contribution in [0.4, 0.5) is 4.79 Å². The SMILES string of the molecule is COc1ccc(CCN2C(=O)N(NS(N)(=O)=O)CC2c2ccc(OC)cc2)cc1. The van der Waals surface area contributed by atoms with Gasteiger partial charge in [-0.2, -0.15) is 8.42 Å². The first-order chi connectivity index (χ1) is 13.8. The molecule has 1 unspecified atom stereocenters. The third-order valence-corrected chi connectivity index (χ3v) is 5.22. The number of nitrogens with zero attached hydrogens (tertiary/aromatic N) is 2. The Bertz CT molecular complexity index is 948. The van der Waals surface area contributed by atoms with Crippen molar-refractivity contribution in [2.45, 2.75) is 12.5 Å². The second-order valence-corrected chi connectivity index (χ2v) is 7.88. The number of hydrazine groups is 1. The van der Waals surface area contributed by atoms with Crippen LogP contribution in [0.3, 0.4) is 0 Å². The van der Waals surface area contributed by atoms with Crippen LogP contribution < -0.4 is 19.4 Å². The summed E-state index contributed by atoms with van der Waals surface area (Å²) >= 11 is 0.